The summed E-state index contributed by atoms with van der Waals surface area (Å²) in [6.07, 6.45) is -0.0838. The van der Waals surface area contributed by atoms with Crippen LogP contribution in [0.4, 0.5) is 13.2 Å². The zero-order valence-electron chi connectivity index (χ0n) is 16.5. The van der Waals surface area contributed by atoms with Gasteiger partial charge in [-0.2, -0.15) is 13.2 Å². The Morgan fingerprint density at radius 1 is 0.903 bits per heavy atom. The van der Waals surface area contributed by atoms with Gasteiger partial charge in [-0.15, -0.1) is 0 Å². The number of aliphatic hydroxyl groups is 1. The molecule has 3 nitrogen and oxygen atoms in total. The Balaban J connectivity index is 1.69. The molecule has 0 atom stereocenters. The van der Waals surface area contributed by atoms with Gasteiger partial charge in [-0.1, -0.05) is 65.7 Å². The van der Waals surface area contributed by atoms with Crippen molar-refractivity contribution in [2.75, 3.05) is 18.1 Å². The highest BCUT2D eigenvalue weighted by Gasteiger charge is 2.38. The largest absolute Gasteiger partial charge is 0.417 e. The average Bonchev–Trinajstić information content (AvgIpc) is 3.25. The van der Waals surface area contributed by atoms with Crippen LogP contribution in [0.5, 0.6) is 0 Å². The van der Waals surface area contributed by atoms with Crippen molar-refractivity contribution in [1.29, 1.82) is 0 Å². The zero-order chi connectivity index (χ0) is 22.2. The standard InChI is InChI=1S/C23H21Cl2F3N2O/c24-22(25,18-8-11-30(15-18)29-12-9-19(31)10-13-29)17-6-7-20(16-4-2-1-3-5-16)21(14-17)23(26,27)28/h1-8,11,14-15,19,31H,9-10,12-13H2. The van der Waals surface area contributed by atoms with E-state index in [1.165, 1.54) is 12.1 Å². The third kappa shape index (κ3) is 4.56. The van der Waals surface area contributed by atoms with Gasteiger partial charge >= 0.3 is 6.18 Å². The molecule has 8 heteroatoms. The van der Waals surface area contributed by atoms with Crippen LogP contribution < -0.4 is 5.01 Å². The molecular formula is C23H21Cl2F3N2O. The van der Waals surface area contributed by atoms with Crippen molar-refractivity contribution in [3.05, 3.63) is 83.7 Å². The monoisotopic (exact) mass is 468 g/mol. The summed E-state index contributed by atoms with van der Waals surface area (Å²) in [7, 11) is 0. The summed E-state index contributed by atoms with van der Waals surface area (Å²) in [6, 6.07) is 14.1. The summed E-state index contributed by atoms with van der Waals surface area (Å²) in [5, 5.41) is 11.7. The van der Waals surface area contributed by atoms with Gasteiger partial charge in [0.05, 0.1) is 11.7 Å². The lowest BCUT2D eigenvalue weighted by molar-refractivity contribution is -0.137. The minimum absolute atomic E-state index is 0.0745. The number of hydrogen-bond donors (Lipinski definition) is 1. The highest BCUT2D eigenvalue weighted by Crippen LogP contribution is 2.45. The SMILES string of the molecule is OC1CCN(n2ccc(C(Cl)(Cl)c3ccc(-c4ccccc4)c(C(F)(F)F)c3)c2)CC1. The lowest BCUT2D eigenvalue weighted by Gasteiger charge is -2.32. The molecule has 0 bridgehead atoms. The summed E-state index contributed by atoms with van der Waals surface area (Å²) < 4.78 is 41.8. The predicted octanol–water partition coefficient (Wildman–Crippen LogP) is 5.95. The number of alkyl halides is 5. The maximum Gasteiger partial charge on any atom is 0.417 e. The molecule has 4 rings (SSSR count). The highest BCUT2D eigenvalue weighted by atomic mass is 35.5. The maximum absolute atomic E-state index is 13.9. The van der Waals surface area contributed by atoms with Crippen molar-refractivity contribution in [3.8, 4) is 11.1 Å². The molecule has 0 radical (unpaired) electrons. The van der Waals surface area contributed by atoms with Crippen molar-refractivity contribution in [2.45, 2.75) is 29.5 Å². The second kappa shape index (κ2) is 8.41. The Labute approximate surface area is 188 Å². The highest BCUT2D eigenvalue weighted by molar-refractivity contribution is 6.50. The van der Waals surface area contributed by atoms with Crippen molar-refractivity contribution in [3.63, 3.8) is 0 Å². The summed E-state index contributed by atoms with van der Waals surface area (Å²) in [4.78, 5) is 0. The van der Waals surface area contributed by atoms with E-state index in [1.807, 2.05) is 9.69 Å². The smallest absolute Gasteiger partial charge is 0.393 e. The molecule has 2 heterocycles. The van der Waals surface area contributed by atoms with Crippen LogP contribution in [0.25, 0.3) is 11.1 Å². The molecule has 164 valence electrons. The number of benzene rings is 2. The van der Waals surface area contributed by atoms with Gasteiger partial charge in [-0.05, 0) is 41.7 Å². The van der Waals surface area contributed by atoms with Crippen LogP contribution in [0.15, 0.2) is 67.0 Å². The summed E-state index contributed by atoms with van der Waals surface area (Å²) in [5.41, 5.74) is 0.378. The summed E-state index contributed by atoms with van der Waals surface area (Å²) >= 11 is 13.2. The van der Waals surface area contributed by atoms with E-state index >= 15 is 0 Å². The average molecular weight is 469 g/mol. The van der Waals surface area contributed by atoms with E-state index < -0.39 is 16.1 Å². The Morgan fingerprint density at radius 3 is 2.23 bits per heavy atom. The van der Waals surface area contributed by atoms with Crippen molar-refractivity contribution in [1.82, 2.24) is 4.68 Å². The molecule has 1 N–H and O–H groups in total. The number of piperidine rings is 1. The van der Waals surface area contributed by atoms with Gasteiger partial charge in [0.25, 0.3) is 0 Å². The normalized spacial score (nSPS) is 16.0. The zero-order valence-corrected chi connectivity index (χ0v) is 18.0. The van der Waals surface area contributed by atoms with Crippen molar-refractivity contribution >= 4 is 23.2 Å². The van der Waals surface area contributed by atoms with Crippen molar-refractivity contribution < 1.29 is 18.3 Å². The minimum atomic E-state index is -4.56. The van der Waals surface area contributed by atoms with E-state index in [0.29, 0.717) is 37.1 Å². The van der Waals surface area contributed by atoms with E-state index in [2.05, 4.69) is 0 Å². The van der Waals surface area contributed by atoms with E-state index in [9.17, 15) is 18.3 Å². The Kier molecular flexibility index (Phi) is 5.99. The molecule has 1 aliphatic rings. The second-order valence-corrected chi connectivity index (χ2v) is 8.99. The first-order chi connectivity index (χ1) is 14.7. The molecule has 1 aromatic heterocycles. The van der Waals surface area contributed by atoms with Crippen LogP contribution in [-0.4, -0.2) is 29.0 Å². The number of rotatable bonds is 4. The maximum atomic E-state index is 13.9. The van der Waals surface area contributed by atoms with Crippen LogP contribution >= 0.6 is 23.2 Å². The molecule has 2 aromatic carbocycles. The molecule has 1 saturated heterocycles. The summed E-state index contributed by atoms with van der Waals surface area (Å²) in [6.45, 7) is 1.33. The van der Waals surface area contributed by atoms with Gasteiger partial charge in [0.2, 0.25) is 0 Å². The summed E-state index contributed by atoms with van der Waals surface area (Å²) in [5.74, 6) is 0. The van der Waals surface area contributed by atoms with Gasteiger partial charge in [-0.25, -0.2) is 0 Å². The third-order valence-corrected chi connectivity index (χ3v) is 6.45. The van der Waals surface area contributed by atoms with Gasteiger partial charge in [0, 0.05) is 31.0 Å². The Bertz CT molecular complexity index is 1040. The first-order valence-corrected chi connectivity index (χ1v) is 10.7. The lowest BCUT2D eigenvalue weighted by atomic mass is 9.95. The molecule has 1 fully saturated rings. The van der Waals surface area contributed by atoms with Crippen LogP contribution in [0, 0.1) is 0 Å². The number of nitrogens with zero attached hydrogens (tertiary/aromatic N) is 2. The minimum Gasteiger partial charge on any atom is -0.393 e. The van der Waals surface area contributed by atoms with Gasteiger partial charge in [-0.3, -0.25) is 4.68 Å². The molecule has 0 aliphatic carbocycles. The number of aliphatic hydroxyl groups excluding tert-OH is 1. The fourth-order valence-electron chi connectivity index (χ4n) is 3.84. The Hall–Kier alpha value is -2.15. The van der Waals surface area contributed by atoms with Gasteiger partial charge < -0.3 is 10.1 Å². The lowest BCUT2D eigenvalue weighted by Crippen LogP contribution is -2.42. The van der Waals surface area contributed by atoms with Crippen LogP contribution in [0.2, 0.25) is 0 Å². The van der Waals surface area contributed by atoms with E-state index in [-0.39, 0.29) is 17.2 Å². The molecular weight excluding hydrogens is 448 g/mol. The molecule has 3 aromatic rings. The van der Waals surface area contributed by atoms with Gasteiger partial charge in [0.1, 0.15) is 0 Å². The number of aromatic nitrogens is 1. The first kappa shape index (κ1) is 22.1. The number of halogens is 5. The second-order valence-electron chi connectivity index (χ2n) is 7.66. The molecule has 0 unspecified atom stereocenters. The van der Waals surface area contributed by atoms with E-state index in [1.54, 1.807) is 48.8 Å². The molecule has 0 amide bonds. The molecule has 31 heavy (non-hydrogen) atoms. The van der Waals surface area contributed by atoms with Gasteiger partial charge in [0.15, 0.2) is 4.33 Å². The van der Waals surface area contributed by atoms with Crippen LogP contribution in [0.3, 0.4) is 0 Å². The fraction of sp³-hybridized carbons (Fsp3) is 0.304. The Morgan fingerprint density at radius 2 is 1.58 bits per heavy atom. The fourth-order valence-corrected chi connectivity index (χ4v) is 4.30. The van der Waals surface area contributed by atoms with Crippen LogP contribution in [0.1, 0.15) is 29.5 Å². The number of hydrogen-bond acceptors (Lipinski definition) is 2. The molecule has 1 aliphatic heterocycles. The quantitative estimate of drug-likeness (QED) is 0.479. The molecule has 0 spiro atoms. The third-order valence-electron chi connectivity index (χ3n) is 5.58. The topological polar surface area (TPSA) is 28.4 Å². The molecule has 0 saturated carbocycles. The van der Waals surface area contributed by atoms with Crippen molar-refractivity contribution in [2.24, 2.45) is 0 Å². The van der Waals surface area contributed by atoms with E-state index in [0.717, 1.165) is 6.07 Å². The van der Waals surface area contributed by atoms with E-state index in [4.69, 9.17) is 23.2 Å². The van der Waals surface area contributed by atoms with Crippen LogP contribution in [-0.2, 0) is 10.5 Å². The first-order valence-electron chi connectivity index (χ1n) is 9.93. The predicted molar refractivity (Wildman–Crippen MR) is 117 cm³/mol.